The fourth-order valence-corrected chi connectivity index (χ4v) is 3.12. The number of pyridine rings is 1. The average molecular weight is 401 g/mol. The Labute approximate surface area is 150 Å². The van der Waals surface area contributed by atoms with Gasteiger partial charge in [0.25, 0.3) is 0 Å². The molecule has 0 radical (unpaired) electrons. The van der Waals surface area contributed by atoms with E-state index in [0.29, 0.717) is 23.5 Å². The summed E-state index contributed by atoms with van der Waals surface area (Å²) in [6, 6.07) is 9.22. The topological polar surface area (TPSA) is 82.0 Å². The second-order valence-electron chi connectivity index (χ2n) is 5.03. The summed E-state index contributed by atoms with van der Waals surface area (Å²) in [6.45, 7) is 3.98. The Morgan fingerprint density at radius 3 is 3.00 bits per heavy atom. The van der Waals surface area contributed by atoms with E-state index in [9.17, 15) is 4.79 Å². The first-order valence-corrected chi connectivity index (χ1v) is 8.68. The van der Waals surface area contributed by atoms with Gasteiger partial charge in [0.05, 0.1) is 10.2 Å². The van der Waals surface area contributed by atoms with E-state index < -0.39 is 0 Å². The zero-order valence-electron chi connectivity index (χ0n) is 12.5. The zero-order valence-corrected chi connectivity index (χ0v) is 14.9. The molecule has 2 heterocycles. The largest absolute Gasteiger partial charge is 0.312 e. The number of aromatic nitrogens is 2. The normalized spacial score (nSPS) is 11.2. The maximum Gasteiger partial charge on any atom is 0.305 e. The summed E-state index contributed by atoms with van der Waals surface area (Å²) in [5.74, 6) is 0.593. The molecule has 1 aromatic carbocycles. The van der Waals surface area contributed by atoms with Crippen molar-refractivity contribution in [3.63, 3.8) is 0 Å². The van der Waals surface area contributed by atoms with Gasteiger partial charge in [0, 0.05) is 29.0 Å². The lowest BCUT2D eigenvalue weighted by molar-refractivity contribution is 1.26. The van der Waals surface area contributed by atoms with Crippen LogP contribution in [0.2, 0.25) is 0 Å². The molecular weight excluding hydrogens is 388 g/mol. The molecule has 0 atom stereocenters. The average Bonchev–Trinajstić information content (AvgIpc) is 2.95. The Morgan fingerprint density at radius 2 is 2.25 bits per heavy atom. The number of halogens is 1. The highest BCUT2D eigenvalue weighted by atomic mass is 79.9. The van der Waals surface area contributed by atoms with Gasteiger partial charge >= 0.3 is 4.87 Å². The molecule has 7 heteroatoms. The lowest BCUT2D eigenvalue weighted by Gasteiger charge is -2.06. The molecule has 24 heavy (non-hydrogen) atoms. The van der Waals surface area contributed by atoms with Crippen LogP contribution in [0, 0.1) is 5.41 Å². The van der Waals surface area contributed by atoms with Crippen molar-refractivity contribution >= 4 is 60.8 Å². The van der Waals surface area contributed by atoms with Gasteiger partial charge in [0.2, 0.25) is 0 Å². The van der Waals surface area contributed by atoms with Crippen LogP contribution in [-0.2, 0) is 0 Å². The molecule has 0 saturated carbocycles. The number of thiazole rings is 1. The van der Waals surface area contributed by atoms with E-state index in [4.69, 9.17) is 5.41 Å². The Kier molecular flexibility index (Phi) is 4.82. The maximum atomic E-state index is 11.4. The Morgan fingerprint density at radius 1 is 1.42 bits per heavy atom. The van der Waals surface area contributed by atoms with Gasteiger partial charge in [0.1, 0.15) is 0 Å². The number of allylic oxidation sites excluding steroid dienone is 1. The Bertz CT molecular complexity index is 1000. The van der Waals surface area contributed by atoms with Crippen LogP contribution in [0.3, 0.4) is 0 Å². The summed E-state index contributed by atoms with van der Waals surface area (Å²) in [6.07, 6.45) is 3.68. The van der Waals surface area contributed by atoms with Gasteiger partial charge in [-0.1, -0.05) is 24.0 Å². The summed E-state index contributed by atoms with van der Waals surface area (Å²) in [5.41, 5.74) is 2.62. The molecule has 2 aromatic heterocycles. The van der Waals surface area contributed by atoms with Crippen LogP contribution in [0.1, 0.15) is 12.0 Å². The number of nitrogens with zero attached hydrogens (tertiary/aromatic N) is 2. The molecule has 0 unspecified atom stereocenters. The number of nitrogens with one attached hydrogen (secondary N) is 2. The van der Waals surface area contributed by atoms with Crippen molar-refractivity contribution in [3.05, 3.63) is 62.8 Å². The van der Waals surface area contributed by atoms with Crippen molar-refractivity contribution in [2.45, 2.75) is 6.42 Å². The van der Waals surface area contributed by atoms with Gasteiger partial charge in [-0.3, -0.25) is 4.79 Å². The minimum absolute atomic E-state index is 0.0861. The maximum absolute atomic E-state index is 11.4. The molecule has 0 bridgehead atoms. The van der Waals surface area contributed by atoms with Crippen molar-refractivity contribution in [1.29, 1.82) is 5.41 Å². The summed E-state index contributed by atoms with van der Waals surface area (Å²) in [7, 11) is 0. The van der Waals surface area contributed by atoms with Crippen molar-refractivity contribution in [3.8, 4) is 0 Å². The lowest BCUT2D eigenvalue weighted by Crippen LogP contribution is -2.00. The number of hydrogen-bond donors (Lipinski definition) is 2. The monoisotopic (exact) mass is 400 g/mol. The molecule has 0 aliphatic rings. The summed E-state index contributed by atoms with van der Waals surface area (Å²) < 4.78 is 1.75. The molecular formula is C17H13BrN4OS. The van der Waals surface area contributed by atoms with Gasteiger partial charge < -0.3 is 10.4 Å². The van der Waals surface area contributed by atoms with E-state index in [-0.39, 0.29) is 4.87 Å². The predicted octanol–water partition coefficient (Wildman–Crippen LogP) is 4.57. The minimum atomic E-state index is -0.0861. The third-order valence-corrected chi connectivity index (χ3v) is 4.68. The highest BCUT2D eigenvalue weighted by Gasteiger charge is 2.07. The molecule has 0 aliphatic heterocycles. The quantitative estimate of drug-likeness (QED) is 0.614. The second kappa shape index (κ2) is 7.02. The molecule has 0 saturated heterocycles. The van der Waals surface area contributed by atoms with Crippen LogP contribution in [0.5, 0.6) is 0 Å². The summed E-state index contributed by atoms with van der Waals surface area (Å²) in [4.78, 5) is 22.4. The smallest absolute Gasteiger partial charge is 0.305 e. The van der Waals surface area contributed by atoms with Crippen molar-refractivity contribution in [2.24, 2.45) is 4.99 Å². The van der Waals surface area contributed by atoms with Gasteiger partial charge in [-0.15, -0.1) is 0 Å². The summed E-state index contributed by atoms with van der Waals surface area (Å²) >= 11 is 4.47. The number of aliphatic imine (C=N–C) groups is 1. The first-order valence-electron chi connectivity index (χ1n) is 7.07. The number of fused-ring (bicyclic) bond motifs is 1. The lowest BCUT2D eigenvalue weighted by atomic mass is 10.0. The third-order valence-electron chi connectivity index (χ3n) is 3.36. The highest BCUT2D eigenvalue weighted by Crippen LogP contribution is 2.22. The van der Waals surface area contributed by atoms with Crippen molar-refractivity contribution < 1.29 is 0 Å². The van der Waals surface area contributed by atoms with Crippen LogP contribution in [0.25, 0.3) is 15.8 Å². The van der Waals surface area contributed by atoms with Gasteiger partial charge in [-0.2, -0.15) is 0 Å². The van der Waals surface area contributed by atoms with Crippen LogP contribution in [0.4, 0.5) is 5.82 Å². The number of rotatable bonds is 5. The second-order valence-corrected chi connectivity index (χ2v) is 6.96. The molecule has 120 valence electrons. The van der Waals surface area contributed by atoms with E-state index in [1.54, 1.807) is 18.5 Å². The first-order chi connectivity index (χ1) is 11.5. The Balaban J connectivity index is 1.70. The fourth-order valence-electron chi connectivity index (χ4n) is 2.11. The summed E-state index contributed by atoms with van der Waals surface area (Å²) in [5, 5.41) is 8.16. The standard InChI is InChI=1S/C17H13BrN4OS/c1-10(11-2-4-14-15(8-11)24-17(23)22-14)13(19)6-7-20-16-5-3-12(18)9-21-16/h2-5,7-9,19H,1,6H2,(H,22,23). The fraction of sp³-hybridized carbons (Fsp3) is 0.0588. The molecule has 3 aromatic rings. The molecule has 0 aliphatic carbocycles. The van der Waals surface area contributed by atoms with E-state index >= 15 is 0 Å². The van der Waals surface area contributed by atoms with E-state index in [2.05, 4.69) is 37.5 Å². The number of aromatic amines is 1. The highest BCUT2D eigenvalue weighted by molar-refractivity contribution is 9.10. The van der Waals surface area contributed by atoms with Crippen LogP contribution < -0.4 is 4.87 Å². The zero-order chi connectivity index (χ0) is 17.1. The van der Waals surface area contributed by atoms with Crippen molar-refractivity contribution in [2.75, 3.05) is 0 Å². The first kappa shape index (κ1) is 16.5. The van der Waals surface area contributed by atoms with Crippen LogP contribution in [0.15, 0.2) is 57.4 Å². The van der Waals surface area contributed by atoms with E-state index in [1.807, 2.05) is 24.3 Å². The van der Waals surface area contributed by atoms with Crippen LogP contribution in [-0.4, -0.2) is 21.9 Å². The molecule has 0 spiro atoms. The number of H-pyrrole nitrogens is 1. The predicted molar refractivity (Wildman–Crippen MR) is 104 cm³/mol. The minimum Gasteiger partial charge on any atom is -0.312 e. The molecule has 3 rings (SSSR count). The molecule has 2 N–H and O–H groups in total. The molecule has 0 fully saturated rings. The third kappa shape index (κ3) is 3.74. The van der Waals surface area contributed by atoms with E-state index in [1.165, 1.54) is 0 Å². The van der Waals surface area contributed by atoms with Gasteiger partial charge in [-0.25, -0.2) is 9.98 Å². The van der Waals surface area contributed by atoms with E-state index in [0.717, 1.165) is 31.6 Å². The van der Waals surface area contributed by atoms with Crippen molar-refractivity contribution in [1.82, 2.24) is 9.97 Å². The van der Waals surface area contributed by atoms with Crippen LogP contribution >= 0.6 is 27.3 Å². The van der Waals surface area contributed by atoms with Gasteiger partial charge in [0.15, 0.2) is 5.82 Å². The SMILES string of the molecule is C=C(C(=N)CC=Nc1ccc(Br)cn1)c1ccc2[nH]c(=O)sc2c1. The molecule has 5 nitrogen and oxygen atoms in total. The molecule has 0 amide bonds. The number of benzene rings is 1. The number of hydrogen-bond acceptors (Lipinski definition) is 5. The Hall–Kier alpha value is -2.38. The van der Waals surface area contributed by atoms with Gasteiger partial charge in [-0.05, 0) is 51.3 Å².